The van der Waals surface area contributed by atoms with E-state index in [0.29, 0.717) is 19.6 Å². The molecule has 1 aromatic heterocycles. The molecule has 0 bridgehead atoms. The van der Waals surface area contributed by atoms with Crippen molar-refractivity contribution >= 4 is 11.7 Å². The van der Waals surface area contributed by atoms with Gasteiger partial charge in [0.1, 0.15) is 19.0 Å². The Bertz CT molecular complexity index is 810. The van der Waals surface area contributed by atoms with E-state index in [1.54, 1.807) is 4.68 Å². The van der Waals surface area contributed by atoms with Gasteiger partial charge in [0.2, 0.25) is 5.91 Å². The second-order valence-corrected chi connectivity index (χ2v) is 6.63. The van der Waals surface area contributed by atoms with Crippen molar-refractivity contribution in [3.8, 4) is 11.5 Å². The lowest BCUT2D eigenvalue weighted by Crippen LogP contribution is -2.25. The molecule has 4 rings (SSSR count). The van der Waals surface area contributed by atoms with Crippen LogP contribution in [0.5, 0.6) is 11.5 Å². The number of ether oxygens (including phenoxy) is 2. The molecule has 1 atom stereocenters. The summed E-state index contributed by atoms with van der Waals surface area (Å²) in [7, 11) is 1.87. The van der Waals surface area contributed by atoms with Gasteiger partial charge in [-0.1, -0.05) is 19.9 Å². The minimum atomic E-state index is -0.0179. The van der Waals surface area contributed by atoms with Gasteiger partial charge in [0.15, 0.2) is 11.5 Å². The molecule has 6 nitrogen and oxygen atoms in total. The highest BCUT2D eigenvalue weighted by Gasteiger charge is 2.34. The second-order valence-electron chi connectivity index (χ2n) is 6.63. The van der Waals surface area contributed by atoms with Gasteiger partial charge in [0.25, 0.3) is 0 Å². The summed E-state index contributed by atoms with van der Waals surface area (Å²) in [5.41, 5.74) is 3.21. The molecule has 6 heteroatoms. The quantitative estimate of drug-likeness (QED) is 0.921. The molecule has 0 fully saturated rings. The number of hydrogen-bond acceptors (Lipinski definition) is 4. The number of benzene rings is 1. The molecule has 24 heavy (non-hydrogen) atoms. The number of amides is 1. The lowest BCUT2D eigenvalue weighted by Gasteiger charge is -2.26. The van der Waals surface area contributed by atoms with Crippen LogP contribution in [0.25, 0.3) is 0 Å². The maximum Gasteiger partial charge on any atom is 0.226 e. The Labute approximate surface area is 140 Å². The van der Waals surface area contributed by atoms with Crippen molar-refractivity contribution in [3.63, 3.8) is 0 Å². The summed E-state index contributed by atoms with van der Waals surface area (Å²) in [6, 6.07) is 5.96. The van der Waals surface area contributed by atoms with Crippen molar-refractivity contribution in [1.82, 2.24) is 9.78 Å². The molecule has 1 N–H and O–H groups in total. The average Bonchev–Trinajstić information content (AvgIpc) is 2.91. The van der Waals surface area contributed by atoms with Gasteiger partial charge in [-0.25, -0.2) is 0 Å². The van der Waals surface area contributed by atoms with Crippen molar-refractivity contribution < 1.29 is 14.3 Å². The Balaban J connectivity index is 1.83. The van der Waals surface area contributed by atoms with E-state index < -0.39 is 0 Å². The number of anilines is 1. The summed E-state index contributed by atoms with van der Waals surface area (Å²) >= 11 is 0. The molecule has 0 saturated heterocycles. The van der Waals surface area contributed by atoms with Crippen molar-refractivity contribution in [3.05, 3.63) is 35.0 Å². The number of nitrogens with zero attached hydrogens (tertiary/aromatic N) is 2. The first-order valence-electron chi connectivity index (χ1n) is 8.30. The van der Waals surface area contributed by atoms with Gasteiger partial charge in [0, 0.05) is 24.9 Å². The highest BCUT2D eigenvalue weighted by Crippen LogP contribution is 2.43. The van der Waals surface area contributed by atoms with Gasteiger partial charge in [-0.05, 0) is 23.6 Å². The number of nitrogens with one attached hydrogen (secondary N) is 1. The molecular formula is C18H21N3O3. The molecule has 0 radical (unpaired) electrons. The molecule has 126 valence electrons. The fourth-order valence-electron chi connectivity index (χ4n) is 3.51. The van der Waals surface area contributed by atoms with Crippen LogP contribution in [0.15, 0.2) is 18.2 Å². The SMILES string of the molecule is CC(C)c1nn(C)c2c1C(c1ccc3c(c1)OCCO3)CC(=O)N2. The Morgan fingerprint density at radius 2 is 2.00 bits per heavy atom. The van der Waals surface area contributed by atoms with Gasteiger partial charge >= 0.3 is 0 Å². The molecular weight excluding hydrogens is 306 g/mol. The number of aromatic nitrogens is 2. The highest BCUT2D eigenvalue weighted by atomic mass is 16.6. The van der Waals surface area contributed by atoms with Crippen LogP contribution >= 0.6 is 0 Å². The Morgan fingerprint density at radius 3 is 2.75 bits per heavy atom. The zero-order chi connectivity index (χ0) is 16.8. The van der Waals surface area contributed by atoms with Crippen LogP contribution in [-0.4, -0.2) is 28.9 Å². The summed E-state index contributed by atoms with van der Waals surface area (Å²) in [6.07, 6.45) is 0.415. The van der Waals surface area contributed by atoms with E-state index in [2.05, 4.69) is 24.3 Å². The topological polar surface area (TPSA) is 65.4 Å². The number of fused-ring (bicyclic) bond motifs is 2. The largest absolute Gasteiger partial charge is 0.486 e. The lowest BCUT2D eigenvalue weighted by molar-refractivity contribution is -0.116. The van der Waals surface area contributed by atoms with Gasteiger partial charge in [-0.2, -0.15) is 5.10 Å². The molecule has 0 spiro atoms. The maximum atomic E-state index is 12.2. The zero-order valence-corrected chi connectivity index (χ0v) is 14.1. The van der Waals surface area contributed by atoms with E-state index in [-0.39, 0.29) is 17.7 Å². The minimum Gasteiger partial charge on any atom is -0.486 e. The van der Waals surface area contributed by atoms with Gasteiger partial charge in [-0.15, -0.1) is 0 Å². The molecule has 2 aliphatic heterocycles. The maximum absolute atomic E-state index is 12.2. The summed E-state index contributed by atoms with van der Waals surface area (Å²) in [5.74, 6) is 2.60. The van der Waals surface area contributed by atoms with Crippen LogP contribution in [-0.2, 0) is 11.8 Å². The highest BCUT2D eigenvalue weighted by molar-refractivity contribution is 5.94. The van der Waals surface area contributed by atoms with E-state index in [9.17, 15) is 4.79 Å². The van der Waals surface area contributed by atoms with Crippen LogP contribution in [0.4, 0.5) is 5.82 Å². The van der Waals surface area contributed by atoms with E-state index >= 15 is 0 Å². The first-order chi connectivity index (χ1) is 11.5. The second kappa shape index (κ2) is 5.54. The first kappa shape index (κ1) is 15.1. The Hall–Kier alpha value is -2.50. The Kier molecular flexibility index (Phi) is 3.48. The van der Waals surface area contributed by atoms with Crippen molar-refractivity contribution in [2.75, 3.05) is 18.5 Å². The van der Waals surface area contributed by atoms with Gasteiger partial charge in [-0.3, -0.25) is 9.48 Å². The summed E-state index contributed by atoms with van der Waals surface area (Å²) in [4.78, 5) is 12.2. The molecule has 2 aromatic rings. The van der Waals surface area contributed by atoms with E-state index in [0.717, 1.165) is 34.1 Å². The smallest absolute Gasteiger partial charge is 0.226 e. The van der Waals surface area contributed by atoms with Crippen molar-refractivity contribution in [2.24, 2.45) is 7.05 Å². The molecule has 3 heterocycles. The molecule has 1 unspecified atom stereocenters. The third-order valence-corrected chi connectivity index (χ3v) is 4.62. The Morgan fingerprint density at radius 1 is 1.25 bits per heavy atom. The zero-order valence-electron chi connectivity index (χ0n) is 14.1. The minimum absolute atomic E-state index is 0.0145. The third kappa shape index (κ3) is 2.33. The number of carbonyl (C=O) groups excluding carboxylic acids is 1. The fraction of sp³-hybridized carbons (Fsp3) is 0.444. The van der Waals surface area contributed by atoms with Gasteiger partial charge < -0.3 is 14.8 Å². The van der Waals surface area contributed by atoms with Crippen LogP contribution in [0.2, 0.25) is 0 Å². The van der Waals surface area contributed by atoms with Crippen molar-refractivity contribution in [2.45, 2.75) is 32.1 Å². The fourth-order valence-corrected chi connectivity index (χ4v) is 3.51. The predicted octanol–water partition coefficient (Wildman–Crippen LogP) is 2.79. The van der Waals surface area contributed by atoms with Gasteiger partial charge in [0.05, 0.1) is 5.69 Å². The monoisotopic (exact) mass is 327 g/mol. The average molecular weight is 327 g/mol. The summed E-state index contributed by atoms with van der Waals surface area (Å²) in [5, 5.41) is 7.61. The van der Waals surface area contributed by atoms with Crippen LogP contribution < -0.4 is 14.8 Å². The molecule has 1 aromatic carbocycles. The third-order valence-electron chi connectivity index (χ3n) is 4.62. The summed E-state index contributed by atoms with van der Waals surface area (Å²) in [6.45, 7) is 5.37. The molecule has 2 aliphatic rings. The van der Waals surface area contributed by atoms with Crippen LogP contribution in [0, 0.1) is 0 Å². The number of aryl methyl sites for hydroxylation is 1. The van der Waals surface area contributed by atoms with E-state index in [1.807, 2.05) is 25.2 Å². The van der Waals surface area contributed by atoms with E-state index in [1.165, 1.54) is 0 Å². The number of rotatable bonds is 2. The number of hydrogen-bond donors (Lipinski definition) is 1. The van der Waals surface area contributed by atoms with Crippen molar-refractivity contribution in [1.29, 1.82) is 0 Å². The van der Waals surface area contributed by atoms with Crippen LogP contribution in [0.1, 0.15) is 48.9 Å². The predicted molar refractivity (Wildman–Crippen MR) is 89.8 cm³/mol. The molecule has 0 saturated carbocycles. The van der Waals surface area contributed by atoms with Crippen LogP contribution in [0.3, 0.4) is 0 Å². The molecule has 0 aliphatic carbocycles. The summed E-state index contributed by atoms with van der Waals surface area (Å²) < 4.78 is 13.1. The normalized spacial score (nSPS) is 19.2. The number of carbonyl (C=O) groups is 1. The first-order valence-corrected chi connectivity index (χ1v) is 8.30. The lowest BCUT2D eigenvalue weighted by atomic mass is 9.83. The van der Waals surface area contributed by atoms with E-state index in [4.69, 9.17) is 9.47 Å². The molecule has 1 amide bonds. The standard InChI is InChI=1S/C18H21N3O3/c1-10(2)17-16-12(9-15(22)19-18(16)21(3)20-17)11-4-5-13-14(8-11)24-7-6-23-13/h4-5,8,10,12H,6-7,9H2,1-3H3,(H,19,22).